The van der Waals surface area contributed by atoms with E-state index < -0.39 is 0 Å². The lowest BCUT2D eigenvalue weighted by Gasteiger charge is -2.18. The molecule has 1 atom stereocenters. The summed E-state index contributed by atoms with van der Waals surface area (Å²) < 4.78 is 11.1. The summed E-state index contributed by atoms with van der Waals surface area (Å²) in [4.78, 5) is 4.18. The molecule has 1 N–H and O–H groups in total. The minimum Gasteiger partial charge on any atom is -0.484 e. The van der Waals surface area contributed by atoms with Gasteiger partial charge in [-0.2, -0.15) is 4.98 Å². The van der Waals surface area contributed by atoms with Gasteiger partial charge in [-0.05, 0) is 24.6 Å². The zero-order valence-electron chi connectivity index (χ0n) is 13.2. The van der Waals surface area contributed by atoms with E-state index in [1.807, 2.05) is 49.4 Å². The first-order valence-electron chi connectivity index (χ1n) is 7.56. The maximum Gasteiger partial charge on any atom is 0.223 e. The molecule has 3 rings (SSSR count). The van der Waals surface area contributed by atoms with E-state index in [4.69, 9.17) is 9.26 Å². The van der Waals surface area contributed by atoms with Gasteiger partial charge in [0.1, 0.15) is 11.9 Å². The summed E-state index contributed by atoms with van der Waals surface area (Å²) in [7, 11) is 0. The third-order valence-electron chi connectivity index (χ3n) is 3.47. The van der Waals surface area contributed by atoms with Crippen molar-refractivity contribution in [2.75, 3.05) is 5.32 Å². The Morgan fingerprint density at radius 2 is 1.83 bits per heavy atom. The van der Waals surface area contributed by atoms with Crippen LogP contribution in [0.5, 0.6) is 5.75 Å². The minimum absolute atomic E-state index is 0.0356. The number of aromatic nitrogens is 2. The number of rotatable bonds is 6. The predicted molar refractivity (Wildman–Crippen MR) is 88.3 cm³/mol. The van der Waals surface area contributed by atoms with Crippen LogP contribution >= 0.6 is 0 Å². The van der Waals surface area contributed by atoms with Gasteiger partial charge in [0.25, 0.3) is 0 Å². The van der Waals surface area contributed by atoms with Crippen LogP contribution in [0, 0.1) is 6.92 Å². The first-order chi connectivity index (χ1) is 11.2. The van der Waals surface area contributed by atoms with Crippen LogP contribution in [0.2, 0.25) is 0 Å². The molecule has 1 unspecified atom stereocenters. The zero-order chi connectivity index (χ0) is 16.1. The smallest absolute Gasteiger partial charge is 0.223 e. The molecule has 0 radical (unpaired) electrons. The van der Waals surface area contributed by atoms with E-state index in [1.54, 1.807) is 6.92 Å². The zero-order valence-corrected chi connectivity index (χ0v) is 13.2. The Balaban J connectivity index is 1.70. The van der Waals surface area contributed by atoms with Gasteiger partial charge in [-0.1, -0.05) is 47.6 Å². The van der Waals surface area contributed by atoms with Gasteiger partial charge in [-0.3, -0.25) is 0 Å². The maximum absolute atomic E-state index is 6.10. The van der Waals surface area contributed by atoms with Crippen molar-refractivity contribution in [1.82, 2.24) is 10.1 Å². The Bertz CT molecular complexity index is 756. The molecule has 118 valence electrons. The highest BCUT2D eigenvalue weighted by Gasteiger charge is 2.10. The second-order valence-electron chi connectivity index (χ2n) is 5.25. The summed E-state index contributed by atoms with van der Waals surface area (Å²) in [5.41, 5.74) is 2.04. The van der Waals surface area contributed by atoms with Crippen LogP contribution in [0.4, 0.5) is 5.69 Å². The van der Waals surface area contributed by atoms with Gasteiger partial charge in [0.15, 0.2) is 5.82 Å². The van der Waals surface area contributed by atoms with Gasteiger partial charge in [-0.25, -0.2) is 0 Å². The third-order valence-corrected chi connectivity index (χ3v) is 3.47. The van der Waals surface area contributed by atoms with Gasteiger partial charge in [0.05, 0.1) is 12.2 Å². The molecule has 5 heteroatoms. The minimum atomic E-state index is -0.0356. The largest absolute Gasteiger partial charge is 0.484 e. The van der Waals surface area contributed by atoms with Crippen LogP contribution in [0.1, 0.15) is 30.3 Å². The molecule has 2 aromatic carbocycles. The Morgan fingerprint density at radius 3 is 2.57 bits per heavy atom. The molecule has 23 heavy (non-hydrogen) atoms. The van der Waals surface area contributed by atoms with E-state index in [9.17, 15) is 0 Å². The molecule has 0 amide bonds. The lowest BCUT2D eigenvalue weighted by Crippen LogP contribution is -2.07. The van der Waals surface area contributed by atoms with Crippen molar-refractivity contribution in [3.63, 3.8) is 0 Å². The summed E-state index contributed by atoms with van der Waals surface area (Å²) in [6.07, 6.45) is -0.0356. The van der Waals surface area contributed by atoms with E-state index in [2.05, 4.69) is 27.6 Å². The SMILES string of the molecule is Cc1nc(CNc2ccccc2OC(C)c2ccccc2)no1. The average Bonchev–Trinajstić information content (AvgIpc) is 3.00. The molecule has 0 saturated carbocycles. The van der Waals surface area contributed by atoms with Crippen molar-refractivity contribution in [1.29, 1.82) is 0 Å². The first-order valence-corrected chi connectivity index (χ1v) is 7.56. The second-order valence-corrected chi connectivity index (χ2v) is 5.25. The highest BCUT2D eigenvalue weighted by molar-refractivity contribution is 5.56. The number of hydrogen-bond donors (Lipinski definition) is 1. The number of anilines is 1. The van der Waals surface area contributed by atoms with Gasteiger partial charge in [0, 0.05) is 6.92 Å². The van der Waals surface area contributed by atoms with E-state index >= 15 is 0 Å². The lowest BCUT2D eigenvalue weighted by atomic mass is 10.1. The molecule has 0 bridgehead atoms. The van der Waals surface area contributed by atoms with Crippen molar-refractivity contribution in [3.8, 4) is 5.75 Å². The first kappa shape index (κ1) is 15.1. The molecule has 5 nitrogen and oxygen atoms in total. The predicted octanol–water partition coefficient (Wildman–Crippen LogP) is 4.13. The van der Waals surface area contributed by atoms with Crippen molar-refractivity contribution in [2.24, 2.45) is 0 Å². The summed E-state index contributed by atoms with van der Waals surface area (Å²) in [5.74, 6) is 1.97. The molecular formula is C18H19N3O2. The quantitative estimate of drug-likeness (QED) is 0.742. The maximum atomic E-state index is 6.10. The van der Waals surface area contributed by atoms with Crippen LogP contribution in [-0.4, -0.2) is 10.1 Å². The lowest BCUT2D eigenvalue weighted by molar-refractivity contribution is 0.228. The fourth-order valence-corrected chi connectivity index (χ4v) is 2.29. The molecule has 0 spiro atoms. The summed E-state index contributed by atoms with van der Waals surface area (Å²) in [6, 6.07) is 18.0. The summed E-state index contributed by atoms with van der Waals surface area (Å²) in [5, 5.41) is 7.17. The molecule has 0 aliphatic rings. The van der Waals surface area contributed by atoms with Crippen LogP contribution in [0.3, 0.4) is 0 Å². The Hall–Kier alpha value is -2.82. The standard InChI is InChI=1S/C18H19N3O2/c1-13(15-8-4-3-5-9-15)22-17-11-7-6-10-16(17)19-12-18-20-14(2)23-21-18/h3-11,13,19H,12H2,1-2H3. The molecular weight excluding hydrogens is 290 g/mol. The van der Waals surface area contributed by atoms with Crippen molar-refractivity contribution in [3.05, 3.63) is 71.9 Å². The monoisotopic (exact) mass is 309 g/mol. The van der Waals surface area contributed by atoms with E-state index in [0.717, 1.165) is 17.0 Å². The van der Waals surface area contributed by atoms with Gasteiger partial charge >= 0.3 is 0 Å². The second kappa shape index (κ2) is 6.96. The van der Waals surface area contributed by atoms with Crippen LogP contribution in [-0.2, 0) is 6.54 Å². The van der Waals surface area contributed by atoms with Crippen molar-refractivity contribution < 1.29 is 9.26 Å². The van der Waals surface area contributed by atoms with Gasteiger partial charge in [0.2, 0.25) is 5.89 Å². The average molecular weight is 309 g/mol. The highest BCUT2D eigenvalue weighted by Crippen LogP contribution is 2.29. The molecule has 0 saturated heterocycles. The van der Waals surface area contributed by atoms with Crippen molar-refractivity contribution >= 4 is 5.69 Å². The number of aryl methyl sites for hydroxylation is 1. The van der Waals surface area contributed by atoms with E-state index in [1.165, 1.54) is 0 Å². The Morgan fingerprint density at radius 1 is 1.09 bits per heavy atom. The number of nitrogens with one attached hydrogen (secondary N) is 1. The number of benzene rings is 2. The highest BCUT2D eigenvalue weighted by atomic mass is 16.5. The van der Waals surface area contributed by atoms with Crippen LogP contribution < -0.4 is 10.1 Å². The number of ether oxygens (including phenoxy) is 1. The molecule has 1 aromatic heterocycles. The number of para-hydroxylation sites is 2. The summed E-state index contributed by atoms with van der Waals surface area (Å²) >= 11 is 0. The molecule has 0 aliphatic heterocycles. The Kier molecular flexibility index (Phi) is 4.57. The topological polar surface area (TPSA) is 60.2 Å². The number of nitrogens with zero attached hydrogens (tertiary/aromatic N) is 2. The van der Waals surface area contributed by atoms with E-state index in [-0.39, 0.29) is 6.10 Å². The van der Waals surface area contributed by atoms with Crippen LogP contribution in [0.25, 0.3) is 0 Å². The normalized spacial score (nSPS) is 11.9. The van der Waals surface area contributed by atoms with E-state index in [0.29, 0.717) is 18.3 Å². The molecule has 1 heterocycles. The van der Waals surface area contributed by atoms with Crippen molar-refractivity contribution in [2.45, 2.75) is 26.5 Å². The van der Waals surface area contributed by atoms with Crippen LogP contribution in [0.15, 0.2) is 59.1 Å². The number of hydrogen-bond acceptors (Lipinski definition) is 5. The van der Waals surface area contributed by atoms with Gasteiger partial charge < -0.3 is 14.6 Å². The fraction of sp³-hybridized carbons (Fsp3) is 0.222. The molecule has 0 fully saturated rings. The molecule has 0 aliphatic carbocycles. The molecule has 3 aromatic rings. The fourth-order valence-electron chi connectivity index (χ4n) is 2.29. The summed E-state index contributed by atoms with van der Waals surface area (Å²) in [6.45, 7) is 4.29. The third kappa shape index (κ3) is 3.88. The van der Waals surface area contributed by atoms with Gasteiger partial charge in [-0.15, -0.1) is 0 Å². The Labute approximate surface area is 135 Å².